The van der Waals surface area contributed by atoms with Gasteiger partial charge in [0.2, 0.25) is 5.91 Å². The highest BCUT2D eigenvalue weighted by Gasteiger charge is 2.53. The zero-order valence-electron chi connectivity index (χ0n) is 34.8. The first-order valence-electron chi connectivity index (χ1n) is 19.7. The average molecular weight is 786 g/mol. The number of hydrogen-bond acceptors (Lipinski definition) is 12. The number of likely N-dealkylation sites (N-methyl/N-ethyl adjacent to an activating group) is 1. The topological polar surface area (TPSA) is 183 Å². The van der Waals surface area contributed by atoms with E-state index in [4.69, 9.17) is 23.7 Å². The summed E-state index contributed by atoms with van der Waals surface area (Å²) in [5.74, 6) is -5.72. The van der Waals surface area contributed by atoms with Crippen molar-refractivity contribution >= 4 is 29.3 Å². The highest BCUT2D eigenvalue weighted by atomic mass is 16.7. The summed E-state index contributed by atoms with van der Waals surface area (Å²) in [6.45, 7) is 14.8. The van der Waals surface area contributed by atoms with E-state index < -0.39 is 83.2 Å². The monoisotopic (exact) mass is 785 g/mol. The van der Waals surface area contributed by atoms with E-state index in [0.29, 0.717) is 23.3 Å². The lowest BCUT2D eigenvalue weighted by molar-refractivity contribution is -0.296. The first-order chi connectivity index (χ1) is 26.2. The third-order valence-electron chi connectivity index (χ3n) is 11.6. The highest BCUT2D eigenvalue weighted by molar-refractivity contribution is 6.00. The number of nitrogens with one attached hydrogen (secondary N) is 1. The predicted octanol–water partition coefficient (Wildman–Crippen LogP) is 3.86. The van der Waals surface area contributed by atoms with Gasteiger partial charge in [-0.05, 0) is 84.7 Å². The van der Waals surface area contributed by atoms with Gasteiger partial charge in [0.1, 0.15) is 23.7 Å². The van der Waals surface area contributed by atoms with Crippen molar-refractivity contribution in [3.63, 3.8) is 0 Å². The molecule has 0 radical (unpaired) electrons. The lowest BCUT2D eigenvalue weighted by Gasteiger charge is -2.47. The largest absolute Gasteiger partial charge is 0.459 e. The molecular weight excluding hydrogens is 722 g/mol. The number of Topliss-reactive ketones (excluding diaryl/α,β-unsaturated/α-hetero) is 1. The van der Waals surface area contributed by atoms with Crippen LogP contribution in [-0.2, 0) is 38.1 Å². The van der Waals surface area contributed by atoms with Crippen molar-refractivity contribution in [3.05, 3.63) is 47.7 Å². The Labute approximate surface area is 331 Å². The average Bonchev–Trinajstić information content (AvgIpc) is 3.16. The summed E-state index contributed by atoms with van der Waals surface area (Å²) >= 11 is 0. The summed E-state index contributed by atoms with van der Waals surface area (Å²) in [6.07, 6.45) is -3.64. The van der Waals surface area contributed by atoms with Crippen molar-refractivity contribution in [3.8, 4) is 0 Å². The van der Waals surface area contributed by atoms with Gasteiger partial charge in [-0.2, -0.15) is 0 Å². The van der Waals surface area contributed by atoms with Crippen LogP contribution in [0.1, 0.15) is 91.9 Å². The van der Waals surface area contributed by atoms with Gasteiger partial charge in [0.15, 0.2) is 12.1 Å². The first kappa shape index (κ1) is 45.3. The molecule has 0 aliphatic carbocycles. The number of amides is 2. The maximum absolute atomic E-state index is 14.4. The fourth-order valence-electron chi connectivity index (χ4n) is 8.50. The fourth-order valence-corrected chi connectivity index (χ4v) is 8.50. The number of esters is 1. The summed E-state index contributed by atoms with van der Waals surface area (Å²) in [6, 6.07) is 8.35. The van der Waals surface area contributed by atoms with Crippen LogP contribution in [0.5, 0.6) is 0 Å². The molecule has 14 heteroatoms. The van der Waals surface area contributed by atoms with Gasteiger partial charge < -0.3 is 44.1 Å². The number of fused-ring (bicyclic) bond motifs is 5. The Morgan fingerprint density at radius 3 is 2.32 bits per heavy atom. The zero-order chi connectivity index (χ0) is 41.7. The highest BCUT2D eigenvalue weighted by Crippen LogP contribution is 2.40. The van der Waals surface area contributed by atoms with E-state index in [0.717, 1.165) is 0 Å². The molecule has 1 aromatic rings. The molecule has 4 rings (SSSR count). The minimum absolute atomic E-state index is 0.130. The summed E-state index contributed by atoms with van der Waals surface area (Å²) in [7, 11) is 3.72. The molecule has 0 spiro atoms. The summed E-state index contributed by atoms with van der Waals surface area (Å²) in [5, 5.41) is 26.8. The van der Waals surface area contributed by atoms with Gasteiger partial charge in [-0.25, -0.2) is 4.99 Å². The van der Waals surface area contributed by atoms with Crippen LogP contribution < -0.4 is 5.32 Å². The van der Waals surface area contributed by atoms with Crippen LogP contribution in [0, 0.1) is 23.7 Å². The first-order valence-corrected chi connectivity index (χ1v) is 19.7. The van der Waals surface area contributed by atoms with Crippen molar-refractivity contribution in [1.29, 1.82) is 0 Å². The number of aliphatic hydroxyl groups excluding tert-OH is 1. The fraction of sp³-hybridized carbons (Fsp3) is 0.690. The summed E-state index contributed by atoms with van der Waals surface area (Å²) in [4.78, 5) is 60.6. The molecule has 312 valence electrons. The quantitative estimate of drug-likeness (QED) is 0.280. The molecule has 13 atom stereocenters. The number of cyclic esters (lactones) is 1. The second kappa shape index (κ2) is 18.9. The zero-order valence-corrected chi connectivity index (χ0v) is 34.8. The number of carbonyl (C=O) groups excluding carboxylic acids is 4. The SMILES string of the molecule is CC[C@H]1OC(=O)[C@H](C)C(=O)[C@H](C)C(O[C@@H]2O[C@H](C)C[C@H](N(C)C)C2O)[C@@]2(C)CC(C)C(=NC(C)=O)C(C)C(OC/C(=C/NC(=O)c3ccccc3)CO2)[C@]1(C)O. The Bertz CT molecular complexity index is 1610. The molecule has 1 aromatic carbocycles. The number of aliphatic hydroxyl groups is 2. The standard InChI is InChI=1S/C42H63N3O11/c1-12-32-42(9,51)37-25(4)33(44-28(7)46)23(2)19-41(8,53-22-29(21-52-37)20-43-38(49)30-16-14-13-15-17-30)36(26(5)34(47)27(6)39(50)55-32)56-40-35(48)31(45(10)11)18-24(3)54-40/h13-17,20,23-27,31-32,35-37,40,48,51H,12,18-19,21-22H2,1-11H3,(H,43,49)/b29-20-,44-33?/t23?,24-,25?,26+,27-,31+,32-,35?,36?,37?,40+,41-,42-/m1/s1. The number of ether oxygens (including phenoxy) is 5. The molecule has 14 nitrogen and oxygen atoms in total. The van der Waals surface area contributed by atoms with Gasteiger partial charge in [-0.15, -0.1) is 0 Å². The number of carbonyl (C=O) groups is 4. The molecule has 3 aliphatic rings. The van der Waals surface area contributed by atoms with E-state index in [1.807, 2.05) is 38.9 Å². The molecule has 56 heavy (non-hydrogen) atoms. The van der Waals surface area contributed by atoms with Gasteiger partial charge in [0.25, 0.3) is 5.91 Å². The predicted molar refractivity (Wildman–Crippen MR) is 209 cm³/mol. The van der Waals surface area contributed by atoms with Crippen LogP contribution in [0.15, 0.2) is 47.1 Å². The Morgan fingerprint density at radius 1 is 1.05 bits per heavy atom. The van der Waals surface area contributed by atoms with Crippen LogP contribution >= 0.6 is 0 Å². The van der Waals surface area contributed by atoms with Crippen LogP contribution in [0.25, 0.3) is 0 Å². The second-order valence-electron chi connectivity index (χ2n) is 16.5. The Hall–Kier alpha value is -3.37. The normalized spacial score (nSPS) is 39.4. The molecule has 3 N–H and O–H groups in total. The molecule has 3 fully saturated rings. The van der Waals surface area contributed by atoms with Gasteiger partial charge in [0.05, 0.1) is 37.1 Å². The molecule has 3 aliphatic heterocycles. The molecule has 3 saturated heterocycles. The summed E-state index contributed by atoms with van der Waals surface area (Å²) < 4.78 is 32.4. The molecular formula is C42H63N3O11. The lowest BCUT2D eigenvalue weighted by Crippen LogP contribution is -2.60. The molecule has 5 unspecified atom stereocenters. The van der Waals surface area contributed by atoms with Gasteiger partial charge in [-0.3, -0.25) is 19.2 Å². The number of aliphatic imine (C=N–C) groups is 1. The number of benzene rings is 1. The van der Waals surface area contributed by atoms with Crippen molar-refractivity contribution < 1.29 is 53.1 Å². The van der Waals surface area contributed by atoms with Crippen molar-refractivity contribution in [2.75, 3.05) is 27.3 Å². The van der Waals surface area contributed by atoms with Crippen LogP contribution in [0.2, 0.25) is 0 Å². The van der Waals surface area contributed by atoms with Crippen LogP contribution in [0.3, 0.4) is 0 Å². The van der Waals surface area contributed by atoms with E-state index >= 15 is 0 Å². The minimum Gasteiger partial charge on any atom is -0.459 e. The number of rotatable bonds is 6. The van der Waals surface area contributed by atoms with Gasteiger partial charge in [0, 0.05) is 42.3 Å². The molecule has 2 amide bonds. The molecule has 0 saturated carbocycles. The third kappa shape index (κ3) is 10.4. The summed E-state index contributed by atoms with van der Waals surface area (Å²) in [5.41, 5.74) is -1.95. The maximum Gasteiger partial charge on any atom is 0.316 e. The number of nitrogens with zero attached hydrogens (tertiary/aromatic N) is 2. The van der Waals surface area contributed by atoms with E-state index in [9.17, 15) is 29.4 Å². The smallest absolute Gasteiger partial charge is 0.316 e. The Morgan fingerprint density at radius 2 is 1.71 bits per heavy atom. The Balaban J connectivity index is 1.96. The van der Waals surface area contributed by atoms with E-state index in [-0.39, 0.29) is 44.1 Å². The van der Waals surface area contributed by atoms with Crippen LogP contribution in [0.4, 0.5) is 0 Å². The molecule has 0 aromatic heterocycles. The molecule has 2 bridgehead atoms. The van der Waals surface area contributed by atoms with Crippen molar-refractivity contribution in [2.24, 2.45) is 28.7 Å². The third-order valence-corrected chi connectivity index (χ3v) is 11.6. The van der Waals surface area contributed by atoms with E-state index in [1.165, 1.54) is 27.0 Å². The van der Waals surface area contributed by atoms with Crippen molar-refractivity contribution in [2.45, 2.75) is 136 Å². The van der Waals surface area contributed by atoms with Gasteiger partial charge in [-0.1, -0.05) is 45.9 Å². The second-order valence-corrected chi connectivity index (χ2v) is 16.5. The lowest BCUT2D eigenvalue weighted by atomic mass is 9.73. The molecule has 3 heterocycles. The number of ketones is 1. The number of hydrogen-bond donors (Lipinski definition) is 3. The maximum atomic E-state index is 14.4. The Kier molecular flexibility index (Phi) is 15.3. The minimum atomic E-state index is -1.85. The van der Waals surface area contributed by atoms with E-state index in [1.54, 1.807) is 52.0 Å². The van der Waals surface area contributed by atoms with E-state index in [2.05, 4.69) is 10.3 Å². The van der Waals surface area contributed by atoms with Crippen LogP contribution in [-0.4, -0.2) is 126 Å². The van der Waals surface area contributed by atoms with Crippen molar-refractivity contribution in [1.82, 2.24) is 10.2 Å². The van der Waals surface area contributed by atoms with Gasteiger partial charge >= 0.3 is 5.97 Å².